The Labute approximate surface area is 129 Å². The monoisotopic (exact) mass is 301 g/mol. The van der Waals surface area contributed by atoms with E-state index in [1.165, 1.54) is 5.56 Å². The summed E-state index contributed by atoms with van der Waals surface area (Å²) in [6.45, 7) is 2.49. The topological polar surface area (TPSA) is 12.4 Å². The highest BCUT2D eigenvalue weighted by Crippen LogP contribution is 2.19. The van der Waals surface area contributed by atoms with E-state index >= 15 is 0 Å². The van der Waals surface area contributed by atoms with Crippen LogP contribution in [0.25, 0.3) is 0 Å². The summed E-state index contributed by atoms with van der Waals surface area (Å²) in [4.78, 5) is 4.24. The van der Waals surface area contributed by atoms with Gasteiger partial charge in [0.15, 0.2) is 0 Å². The van der Waals surface area contributed by atoms with Crippen molar-refractivity contribution in [1.29, 1.82) is 0 Å². The first-order valence-electron chi connectivity index (χ1n) is 6.15. The van der Waals surface area contributed by atoms with Crippen molar-refractivity contribution in [3.63, 3.8) is 0 Å². The molecule has 0 amide bonds. The molecule has 0 N–H and O–H groups in total. The molecule has 0 saturated carbocycles. The van der Waals surface area contributed by atoms with Gasteiger partial charge in [0.25, 0.3) is 0 Å². The second-order valence-electron chi connectivity index (χ2n) is 4.30. The van der Waals surface area contributed by atoms with E-state index in [0.29, 0.717) is 16.6 Å². The molecule has 0 atom stereocenters. The van der Waals surface area contributed by atoms with Crippen LogP contribution in [0, 0.1) is 18.8 Å². The zero-order chi connectivity index (χ0) is 14.4. The third kappa shape index (κ3) is 4.42. The first-order chi connectivity index (χ1) is 9.65. The molecule has 0 saturated heterocycles. The fraction of sp³-hybridized carbons (Fsp3) is 0.118. The molecular weight excluding hydrogens is 289 g/mol. The SMILES string of the molecule is Cc1ccc(C#CCN=Cc2ccc(Cl)cc2Cl)cc1. The molecule has 1 nitrogen and oxygen atoms in total. The molecule has 20 heavy (non-hydrogen) atoms. The maximum Gasteiger partial charge on any atom is 0.100 e. The van der Waals surface area contributed by atoms with Crippen molar-refractivity contribution in [2.24, 2.45) is 4.99 Å². The minimum atomic E-state index is 0.437. The zero-order valence-electron chi connectivity index (χ0n) is 11.0. The van der Waals surface area contributed by atoms with Gasteiger partial charge in [-0.15, -0.1) is 0 Å². The predicted molar refractivity (Wildman–Crippen MR) is 87.0 cm³/mol. The summed E-state index contributed by atoms with van der Waals surface area (Å²) in [6, 6.07) is 13.4. The normalized spacial score (nSPS) is 10.3. The average molecular weight is 302 g/mol. The highest BCUT2D eigenvalue weighted by molar-refractivity contribution is 6.36. The minimum absolute atomic E-state index is 0.437. The molecule has 2 aromatic rings. The quantitative estimate of drug-likeness (QED) is 0.559. The molecule has 0 radical (unpaired) electrons. The lowest BCUT2D eigenvalue weighted by atomic mass is 10.2. The summed E-state index contributed by atoms with van der Waals surface area (Å²) < 4.78 is 0. The Morgan fingerprint density at radius 1 is 1.10 bits per heavy atom. The van der Waals surface area contributed by atoms with Gasteiger partial charge in [-0.1, -0.05) is 58.8 Å². The third-order valence-electron chi connectivity index (χ3n) is 2.65. The molecule has 0 aliphatic rings. The molecule has 0 fully saturated rings. The summed E-state index contributed by atoms with van der Waals surface area (Å²) in [5, 5.41) is 1.21. The van der Waals surface area contributed by atoms with E-state index in [0.717, 1.165) is 11.1 Å². The van der Waals surface area contributed by atoms with Crippen LogP contribution in [0.4, 0.5) is 0 Å². The maximum absolute atomic E-state index is 6.04. The Hall–Kier alpha value is -1.75. The molecule has 0 unspecified atom stereocenters. The molecule has 0 aliphatic carbocycles. The number of halogens is 2. The molecule has 2 rings (SSSR count). The molecule has 100 valence electrons. The highest BCUT2D eigenvalue weighted by Gasteiger charge is 1.97. The molecular formula is C17H13Cl2N. The summed E-state index contributed by atoms with van der Waals surface area (Å²) in [7, 11) is 0. The highest BCUT2D eigenvalue weighted by atomic mass is 35.5. The van der Waals surface area contributed by atoms with Gasteiger partial charge < -0.3 is 0 Å². The number of aliphatic imine (C=N–C) groups is 1. The van der Waals surface area contributed by atoms with Crippen LogP contribution in [0.2, 0.25) is 10.0 Å². The average Bonchev–Trinajstić information content (AvgIpc) is 2.42. The third-order valence-corrected chi connectivity index (χ3v) is 3.21. The van der Waals surface area contributed by atoms with Crippen molar-refractivity contribution in [2.45, 2.75) is 6.92 Å². The van der Waals surface area contributed by atoms with Gasteiger partial charge >= 0.3 is 0 Å². The predicted octanol–water partition coefficient (Wildman–Crippen LogP) is 4.77. The van der Waals surface area contributed by atoms with Crippen LogP contribution in [-0.2, 0) is 0 Å². The number of benzene rings is 2. The van der Waals surface area contributed by atoms with Gasteiger partial charge in [-0.05, 0) is 31.2 Å². The Kier molecular flexibility index (Phi) is 5.24. The van der Waals surface area contributed by atoms with E-state index in [1.54, 1.807) is 18.3 Å². The van der Waals surface area contributed by atoms with E-state index in [1.807, 2.05) is 30.3 Å². The molecule has 0 heterocycles. The summed E-state index contributed by atoms with van der Waals surface area (Å²) in [5.41, 5.74) is 3.06. The Bertz CT molecular complexity index is 676. The van der Waals surface area contributed by atoms with Crippen molar-refractivity contribution < 1.29 is 0 Å². The molecule has 0 bridgehead atoms. The van der Waals surface area contributed by atoms with Crippen LogP contribution in [0.15, 0.2) is 47.5 Å². The van der Waals surface area contributed by atoms with E-state index in [-0.39, 0.29) is 0 Å². The van der Waals surface area contributed by atoms with Crippen molar-refractivity contribution >= 4 is 29.4 Å². The molecule has 0 aliphatic heterocycles. The number of nitrogens with zero attached hydrogens (tertiary/aromatic N) is 1. The van der Waals surface area contributed by atoms with Crippen molar-refractivity contribution in [3.05, 3.63) is 69.2 Å². The standard InChI is InChI=1S/C17H13Cl2N/c1-13-4-6-14(7-5-13)3-2-10-20-12-15-8-9-16(18)11-17(15)19/h4-9,11-12H,10H2,1H3. The van der Waals surface area contributed by atoms with Crippen molar-refractivity contribution in [3.8, 4) is 11.8 Å². The maximum atomic E-state index is 6.04. The molecule has 2 aromatic carbocycles. The van der Waals surface area contributed by atoms with Gasteiger partial charge in [-0.3, -0.25) is 4.99 Å². The number of hydrogen-bond donors (Lipinski definition) is 0. The Morgan fingerprint density at radius 3 is 2.55 bits per heavy atom. The largest absolute Gasteiger partial charge is 0.280 e. The van der Waals surface area contributed by atoms with Crippen LogP contribution in [0.5, 0.6) is 0 Å². The van der Waals surface area contributed by atoms with Gasteiger partial charge in [-0.2, -0.15) is 0 Å². The zero-order valence-corrected chi connectivity index (χ0v) is 12.5. The number of hydrogen-bond acceptors (Lipinski definition) is 1. The molecule has 0 spiro atoms. The Balaban J connectivity index is 1.96. The van der Waals surface area contributed by atoms with Crippen LogP contribution < -0.4 is 0 Å². The molecule has 0 aromatic heterocycles. The van der Waals surface area contributed by atoms with Gasteiger partial charge in [0, 0.05) is 22.4 Å². The molecule has 3 heteroatoms. The van der Waals surface area contributed by atoms with Gasteiger partial charge in [0.2, 0.25) is 0 Å². The van der Waals surface area contributed by atoms with Crippen LogP contribution in [0.3, 0.4) is 0 Å². The fourth-order valence-corrected chi connectivity index (χ4v) is 2.03. The van der Waals surface area contributed by atoms with Gasteiger partial charge in [0.1, 0.15) is 6.54 Å². The van der Waals surface area contributed by atoms with E-state index in [4.69, 9.17) is 23.2 Å². The van der Waals surface area contributed by atoms with Crippen LogP contribution in [0.1, 0.15) is 16.7 Å². The second kappa shape index (κ2) is 7.14. The van der Waals surface area contributed by atoms with Crippen molar-refractivity contribution in [2.75, 3.05) is 6.54 Å². The van der Waals surface area contributed by atoms with E-state index in [9.17, 15) is 0 Å². The number of aryl methyl sites for hydroxylation is 1. The van der Waals surface area contributed by atoms with Gasteiger partial charge in [0.05, 0.1) is 5.02 Å². The number of rotatable bonds is 2. The second-order valence-corrected chi connectivity index (χ2v) is 5.15. The smallest absolute Gasteiger partial charge is 0.100 e. The first kappa shape index (κ1) is 14.7. The van der Waals surface area contributed by atoms with Crippen molar-refractivity contribution in [1.82, 2.24) is 0 Å². The lowest BCUT2D eigenvalue weighted by Crippen LogP contribution is -1.84. The lowest BCUT2D eigenvalue weighted by molar-refractivity contribution is 1.30. The summed E-state index contributed by atoms with van der Waals surface area (Å²) in [6.07, 6.45) is 1.71. The lowest BCUT2D eigenvalue weighted by Gasteiger charge is -1.97. The minimum Gasteiger partial charge on any atom is -0.280 e. The summed E-state index contributed by atoms with van der Waals surface area (Å²) >= 11 is 11.9. The van der Waals surface area contributed by atoms with Crippen LogP contribution >= 0.6 is 23.2 Å². The van der Waals surface area contributed by atoms with E-state index < -0.39 is 0 Å². The Morgan fingerprint density at radius 2 is 1.85 bits per heavy atom. The van der Waals surface area contributed by atoms with E-state index in [2.05, 4.69) is 23.8 Å². The first-order valence-corrected chi connectivity index (χ1v) is 6.91. The fourth-order valence-electron chi connectivity index (χ4n) is 1.57. The summed E-state index contributed by atoms with van der Waals surface area (Å²) in [5.74, 6) is 6.07. The van der Waals surface area contributed by atoms with Crippen LogP contribution in [-0.4, -0.2) is 12.8 Å². The van der Waals surface area contributed by atoms with Gasteiger partial charge in [-0.25, -0.2) is 0 Å².